The van der Waals surface area contributed by atoms with E-state index in [1.54, 1.807) is 6.92 Å². The highest BCUT2D eigenvalue weighted by atomic mass is 16.5. The second-order valence-electron chi connectivity index (χ2n) is 2.58. The molecule has 0 amide bonds. The van der Waals surface area contributed by atoms with Gasteiger partial charge in [0.15, 0.2) is 0 Å². The molecule has 0 spiro atoms. The molecule has 15 heavy (non-hydrogen) atoms. The van der Waals surface area contributed by atoms with Crippen LogP contribution in [-0.2, 0) is 28.7 Å². The van der Waals surface area contributed by atoms with Gasteiger partial charge < -0.3 is 9.47 Å². The molecule has 0 bridgehead atoms. The highest BCUT2D eigenvalue weighted by Crippen LogP contribution is 1.95. The lowest BCUT2D eigenvalue weighted by atomic mass is 10.1. The quantitative estimate of drug-likeness (QED) is 0.342. The standard InChI is InChI=1S/C9H12O6/c1-3-15-9(13)5-7(11)6(10)4-8(12)14-2/h3-5H2,1-2H3. The average Bonchev–Trinajstić information content (AvgIpc) is 2.17. The zero-order valence-electron chi connectivity index (χ0n) is 8.57. The van der Waals surface area contributed by atoms with Gasteiger partial charge in [0.25, 0.3) is 0 Å². The van der Waals surface area contributed by atoms with Crippen LogP contribution in [0, 0.1) is 0 Å². The van der Waals surface area contributed by atoms with Crippen molar-refractivity contribution < 1.29 is 28.7 Å². The Morgan fingerprint density at radius 2 is 1.40 bits per heavy atom. The van der Waals surface area contributed by atoms with Gasteiger partial charge in [-0.05, 0) is 6.92 Å². The van der Waals surface area contributed by atoms with Crippen LogP contribution < -0.4 is 0 Å². The third-order valence-electron chi connectivity index (χ3n) is 1.45. The lowest BCUT2D eigenvalue weighted by molar-refractivity contribution is -0.151. The molecule has 0 radical (unpaired) electrons. The number of Topliss-reactive ketones (excluding diaryl/α,β-unsaturated/α-hetero) is 2. The van der Waals surface area contributed by atoms with Crippen LogP contribution in [0.15, 0.2) is 0 Å². The Kier molecular flexibility index (Phi) is 5.92. The smallest absolute Gasteiger partial charge is 0.313 e. The second-order valence-corrected chi connectivity index (χ2v) is 2.58. The van der Waals surface area contributed by atoms with Gasteiger partial charge in [-0.15, -0.1) is 0 Å². The molecule has 0 aromatic rings. The van der Waals surface area contributed by atoms with Gasteiger partial charge in [0, 0.05) is 0 Å². The van der Waals surface area contributed by atoms with Crippen LogP contribution in [0.3, 0.4) is 0 Å². The van der Waals surface area contributed by atoms with Crippen LogP contribution in [0.4, 0.5) is 0 Å². The molecule has 0 atom stereocenters. The molecule has 6 nitrogen and oxygen atoms in total. The number of rotatable bonds is 6. The minimum absolute atomic E-state index is 0.136. The molecule has 0 saturated heterocycles. The van der Waals surface area contributed by atoms with Gasteiger partial charge in [-0.2, -0.15) is 0 Å². The molecule has 0 aliphatic carbocycles. The van der Waals surface area contributed by atoms with Crippen LogP contribution in [0.2, 0.25) is 0 Å². The molecule has 0 aliphatic heterocycles. The van der Waals surface area contributed by atoms with Crippen molar-refractivity contribution in [2.45, 2.75) is 19.8 Å². The predicted octanol–water partition coefficient (Wildman–Crippen LogP) is -0.359. The maximum atomic E-state index is 11.0. The van der Waals surface area contributed by atoms with Crippen LogP contribution in [-0.4, -0.2) is 37.2 Å². The molecule has 84 valence electrons. The van der Waals surface area contributed by atoms with Crippen LogP contribution in [0.5, 0.6) is 0 Å². The van der Waals surface area contributed by atoms with Crippen LogP contribution in [0.25, 0.3) is 0 Å². The molecule has 0 saturated carbocycles. The molecule has 0 heterocycles. The van der Waals surface area contributed by atoms with Gasteiger partial charge in [0.2, 0.25) is 11.6 Å². The van der Waals surface area contributed by atoms with Gasteiger partial charge in [0.05, 0.1) is 13.7 Å². The van der Waals surface area contributed by atoms with Gasteiger partial charge in [0.1, 0.15) is 12.8 Å². The zero-order valence-corrected chi connectivity index (χ0v) is 8.57. The summed E-state index contributed by atoms with van der Waals surface area (Å²) in [6.07, 6.45) is -1.28. The molecule has 0 aliphatic rings. The molecule has 0 N–H and O–H groups in total. The number of hydrogen-bond donors (Lipinski definition) is 0. The van der Waals surface area contributed by atoms with E-state index in [1.807, 2.05) is 0 Å². The summed E-state index contributed by atoms with van der Waals surface area (Å²) in [5.41, 5.74) is 0. The Balaban J connectivity index is 4.05. The number of esters is 2. The van der Waals surface area contributed by atoms with Crippen molar-refractivity contribution in [3.8, 4) is 0 Å². The van der Waals surface area contributed by atoms with Crippen molar-refractivity contribution in [3.63, 3.8) is 0 Å². The molecular formula is C9H12O6. The fourth-order valence-corrected chi connectivity index (χ4v) is 0.744. The van der Waals surface area contributed by atoms with Crippen molar-refractivity contribution in [2.75, 3.05) is 13.7 Å². The molecular weight excluding hydrogens is 204 g/mol. The van der Waals surface area contributed by atoms with E-state index in [0.29, 0.717) is 0 Å². The number of methoxy groups -OCH3 is 1. The van der Waals surface area contributed by atoms with E-state index in [9.17, 15) is 19.2 Å². The first-order valence-corrected chi connectivity index (χ1v) is 4.29. The predicted molar refractivity (Wildman–Crippen MR) is 47.9 cm³/mol. The summed E-state index contributed by atoms with van der Waals surface area (Å²) in [6.45, 7) is 1.72. The first-order chi connectivity index (χ1) is 7.01. The Bertz CT molecular complexity index is 280. The summed E-state index contributed by atoms with van der Waals surface area (Å²) in [5, 5.41) is 0. The normalized spacial score (nSPS) is 9.20. The van der Waals surface area contributed by atoms with E-state index < -0.39 is 36.3 Å². The fraction of sp³-hybridized carbons (Fsp3) is 0.556. The Morgan fingerprint density at radius 1 is 0.933 bits per heavy atom. The topological polar surface area (TPSA) is 86.7 Å². The summed E-state index contributed by atoms with van der Waals surface area (Å²) < 4.78 is 8.66. The Labute approximate surface area is 86.5 Å². The zero-order chi connectivity index (χ0) is 11.8. The Hall–Kier alpha value is -1.72. The van der Waals surface area contributed by atoms with E-state index in [2.05, 4.69) is 9.47 Å². The van der Waals surface area contributed by atoms with E-state index in [4.69, 9.17) is 0 Å². The number of ketones is 2. The SMILES string of the molecule is CCOC(=O)CC(=O)C(=O)CC(=O)OC. The summed E-state index contributed by atoms with van der Waals surface area (Å²) in [5.74, 6) is -3.48. The molecule has 0 unspecified atom stereocenters. The minimum Gasteiger partial charge on any atom is -0.469 e. The largest absolute Gasteiger partial charge is 0.469 e. The Morgan fingerprint density at radius 3 is 1.80 bits per heavy atom. The van der Waals surface area contributed by atoms with E-state index in [-0.39, 0.29) is 6.61 Å². The number of carbonyl (C=O) groups is 4. The van der Waals surface area contributed by atoms with E-state index >= 15 is 0 Å². The summed E-state index contributed by atoms with van der Waals surface area (Å²) in [6, 6.07) is 0. The van der Waals surface area contributed by atoms with E-state index in [0.717, 1.165) is 7.11 Å². The minimum atomic E-state index is -0.949. The summed E-state index contributed by atoms with van der Waals surface area (Å²) >= 11 is 0. The fourth-order valence-electron chi connectivity index (χ4n) is 0.744. The highest BCUT2D eigenvalue weighted by Gasteiger charge is 2.21. The van der Waals surface area contributed by atoms with Crippen LogP contribution >= 0.6 is 0 Å². The van der Waals surface area contributed by atoms with Gasteiger partial charge >= 0.3 is 11.9 Å². The van der Waals surface area contributed by atoms with Crippen molar-refractivity contribution in [3.05, 3.63) is 0 Å². The maximum Gasteiger partial charge on any atom is 0.313 e. The van der Waals surface area contributed by atoms with Crippen molar-refractivity contribution in [1.29, 1.82) is 0 Å². The van der Waals surface area contributed by atoms with Crippen molar-refractivity contribution in [2.24, 2.45) is 0 Å². The number of ether oxygens (including phenoxy) is 2. The average molecular weight is 216 g/mol. The van der Waals surface area contributed by atoms with Gasteiger partial charge in [-0.25, -0.2) is 0 Å². The number of hydrogen-bond acceptors (Lipinski definition) is 6. The highest BCUT2D eigenvalue weighted by molar-refractivity contribution is 6.42. The monoisotopic (exact) mass is 216 g/mol. The third kappa shape index (κ3) is 5.56. The van der Waals surface area contributed by atoms with E-state index in [1.165, 1.54) is 0 Å². The number of carbonyl (C=O) groups excluding carboxylic acids is 4. The van der Waals surface area contributed by atoms with Crippen molar-refractivity contribution >= 4 is 23.5 Å². The molecule has 0 aromatic carbocycles. The molecule has 6 heteroatoms. The summed E-state index contributed by atoms with van der Waals surface area (Å²) in [4.78, 5) is 43.4. The third-order valence-corrected chi connectivity index (χ3v) is 1.45. The first-order valence-electron chi connectivity index (χ1n) is 4.29. The molecule has 0 rings (SSSR count). The van der Waals surface area contributed by atoms with Crippen LogP contribution in [0.1, 0.15) is 19.8 Å². The molecule has 0 fully saturated rings. The lowest BCUT2D eigenvalue weighted by Crippen LogP contribution is -2.22. The summed E-state index contributed by atoms with van der Waals surface area (Å²) in [7, 11) is 1.10. The maximum absolute atomic E-state index is 11.0. The van der Waals surface area contributed by atoms with Gasteiger partial charge in [-0.1, -0.05) is 0 Å². The van der Waals surface area contributed by atoms with Crippen molar-refractivity contribution in [1.82, 2.24) is 0 Å². The second kappa shape index (κ2) is 6.69. The first kappa shape index (κ1) is 13.3. The van der Waals surface area contributed by atoms with Gasteiger partial charge in [-0.3, -0.25) is 19.2 Å². The molecule has 0 aromatic heterocycles. The lowest BCUT2D eigenvalue weighted by Gasteiger charge is -2.00.